The van der Waals surface area contributed by atoms with Gasteiger partial charge in [-0.05, 0) is 41.3 Å². The second kappa shape index (κ2) is 13.9. The third kappa shape index (κ3) is 6.88. The Bertz CT molecular complexity index is 1870. The van der Waals surface area contributed by atoms with Crippen LogP contribution in [0.25, 0.3) is 0 Å². The molecule has 1 aliphatic heterocycles. The van der Waals surface area contributed by atoms with Crippen LogP contribution in [0.4, 0.5) is 13.2 Å². The highest BCUT2D eigenvalue weighted by Gasteiger charge is 2.42. The van der Waals surface area contributed by atoms with Crippen LogP contribution in [0.5, 0.6) is 0 Å². The molecule has 48 heavy (non-hydrogen) atoms. The molecule has 0 saturated carbocycles. The second-order valence-electron chi connectivity index (χ2n) is 11.7. The summed E-state index contributed by atoms with van der Waals surface area (Å²) in [4.78, 5) is 27.3. The van der Waals surface area contributed by atoms with E-state index in [1.54, 1.807) is 6.92 Å². The Balaban J connectivity index is 1.36. The molecule has 0 amide bonds. The number of nitrogens with zero attached hydrogens (tertiary/aromatic N) is 1. The summed E-state index contributed by atoms with van der Waals surface area (Å²) < 4.78 is 55.6. The molecule has 1 aliphatic rings. The van der Waals surface area contributed by atoms with Crippen molar-refractivity contribution in [3.8, 4) is 0 Å². The Hall–Kier alpha value is -4.48. The fourth-order valence-electron chi connectivity index (χ4n) is 6.19. The fourth-order valence-corrected chi connectivity index (χ4v) is 6.42. The van der Waals surface area contributed by atoms with Crippen LogP contribution in [0.1, 0.15) is 46.0 Å². The number of halogens is 4. The van der Waals surface area contributed by atoms with Gasteiger partial charge in [-0.3, -0.25) is 14.3 Å². The molecule has 0 unspecified atom stereocenters. The highest BCUT2D eigenvalue weighted by Crippen LogP contribution is 2.42. The van der Waals surface area contributed by atoms with Crippen molar-refractivity contribution in [2.75, 3.05) is 6.61 Å². The third-order valence-electron chi connectivity index (χ3n) is 8.60. The number of aryl methyl sites for hydroxylation is 1. The van der Waals surface area contributed by atoms with Gasteiger partial charge >= 0.3 is 11.9 Å². The van der Waals surface area contributed by atoms with Gasteiger partial charge in [-0.15, -0.1) is 0 Å². The normalized spacial score (nSPS) is 18.2. The Morgan fingerprint density at radius 1 is 0.896 bits per heavy atom. The number of aromatic amines is 1. The maximum absolute atomic E-state index is 13.6. The number of hydrogen-bond donors (Lipinski definition) is 2. The van der Waals surface area contributed by atoms with E-state index in [1.807, 2.05) is 91.0 Å². The molecule has 1 fully saturated rings. The highest BCUT2D eigenvalue weighted by molar-refractivity contribution is 6.31. The van der Waals surface area contributed by atoms with Crippen molar-refractivity contribution in [3.05, 3.63) is 175 Å². The summed E-state index contributed by atoms with van der Waals surface area (Å²) >= 11 is 5.86. The molecule has 5 aromatic rings. The maximum atomic E-state index is 13.6. The van der Waals surface area contributed by atoms with Gasteiger partial charge in [0.15, 0.2) is 0 Å². The summed E-state index contributed by atoms with van der Waals surface area (Å²) in [6.45, 7) is 1.70. The largest absolute Gasteiger partial charge is 0.417 e. The van der Waals surface area contributed by atoms with E-state index >= 15 is 0 Å². The van der Waals surface area contributed by atoms with Crippen molar-refractivity contribution < 1.29 is 22.6 Å². The Morgan fingerprint density at radius 3 is 2.00 bits per heavy atom. The van der Waals surface area contributed by atoms with E-state index in [4.69, 9.17) is 21.1 Å². The van der Waals surface area contributed by atoms with Crippen LogP contribution in [0.15, 0.2) is 125 Å². The summed E-state index contributed by atoms with van der Waals surface area (Å²) in [5.74, 6) is 0. The van der Waals surface area contributed by atoms with Gasteiger partial charge in [-0.25, -0.2) is 4.79 Å². The summed E-state index contributed by atoms with van der Waals surface area (Å²) in [6.07, 6.45) is -4.32. The van der Waals surface area contributed by atoms with E-state index < -0.39 is 47.0 Å². The van der Waals surface area contributed by atoms with Crippen LogP contribution in [0, 0.1) is 6.92 Å². The molecule has 0 bridgehead atoms. The van der Waals surface area contributed by atoms with Gasteiger partial charge in [0.25, 0.3) is 5.56 Å². The van der Waals surface area contributed by atoms with Crippen molar-refractivity contribution in [3.63, 3.8) is 0 Å². The van der Waals surface area contributed by atoms with E-state index in [2.05, 4.69) is 10.3 Å². The standard InChI is InChI=1S/C37H33ClF3N3O4/c1-24-22-44(35(46)43-34(24)45)33-20-31(42-21-25-17-18-30(38)29(19-25)37(39,40)41)32(48-33)23-47-36(26-11-5-2-6-12-26,27-13-7-3-8-14-27)28-15-9-4-10-16-28/h2-19,22,31-33,42H,20-21,23H2,1H3,(H,43,45,46)/t31-,32+,33+/m0/s1. The predicted molar refractivity (Wildman–Crippen MR) is 177 cm³/mol. The molecule has 3 atom stereocenters. The average molecular weight is 676 g/mol. The monoisotopic (exact) mass is 675 g/mol. The molecule has 6 rings (SSSR count). The number of H-pyrrole nitrogens is 1. The number of hydrogen-bond acceptors (Lipinski definition) is 5. The quantitative estimate of drug-likeness (QED) is 0.156. The SMILES string of the molecule is Cc1cn([C@H]2C[C@H](NCc3ccc(Cl)c(C(F)(F)F)c3)[C@@H](COC(c3ccccc3)(c3ccccc3)c3ccccc3)O2)c(=O)[nH]c1=O. The van der Waals surface area contributed by atoms with E-state index in [1.165, 1.54) is 22.9 Å². The lowest BCUT2D eigenvalue weighted by molar-refractivity contribution is -0.137. The van der Waals surface area contributed by atoms with Crippen molar-refractivity contribution >= 4 is 11.6 Å². The topological polar surface area (TPSA) is 85.3 Å². The van der Waals surface area contributed by atoms with Crippen LogP contribution in [-0.4, -0.2) is 28.3 Å². The van der Waals surface area contributed by atoms with Crippen LogP contribution >= 0.6 is 11.6 Å². The Morgan fingerprint density at radius 2 is 1.46 bits per heavy atom. The smallest absolute Gasteiger partial charge is 0.358 e. The third-order valence-corrected chi connectivity index (χ3v) is 8.93. The first-order valence-corrected chi connectivity index (χ1v) is 15.8. The van der Waals surface area contributed by atoms with Gasteiger partial charge in [0.05, 0.1) is 23.3 Å². The number of benzene rings is 4. The molecule has 1 saturated heterocycles. The van der Waals surface area contributed by atoms with Gasteiger partial charge in [0.1, 0.15) is 11.8 Å². The van der Waals surface area contributed by atoms with Crippen molar-refractivity contribution in [1.29, 1.82) is 0 Å². The molecule has 4 aromatic carbocycles. The number of nitrogens with one attached hydrogen (secondary N) is 2. The Labute approximate surface area is 279 Å². The molecule has 0 spiro atoms. The molecule has 0 radical (unpaired) electrons. The summed E-state index contributed by atoms with van der Waals surface area (Å²) in [7, 11) is 0. The lowest BCUT2D eigenvalue weighted by Crippen LogP contribution is -2.42. The fraction of sp³-hybridized carbons (Fsp3) is 0.243. The first kappa shape index (κ1) is 33.4. The van der Waals surface area contributed by atoms with Crippen molar-refractivity contribution in [2.24, 2.45) is 0 Å². The molecular formula is C37H33ClF3N3O4. The highest BCUT2D eigenvalue weighted by atomic mass is 35.5. The number of aromatic nitrogens is 2. The first-order valence-electron chi connectivity index (χ1n) is 15.4. The molecule has 2 heterocycles. The van der Waals surface area contributed by atoms with E-state index in [9.17, 15) is 22.8 Å². The van der Waals surface area contributed by atoms with Crippen LogP contribution in [0.3, 0.4) is 0 Å². The first-order chi connectivity index (χ1) is 23.1. The molecule has 7 nitrogen and oxygen atoms in total. The minimum atomic E-state index is -4.61. The van der Waals surface area contributed by atoms with Crippen molar-refractivity contribution in [1.82, 2.24) is 14.9 Å². The minimum absolute atomic E-state index is 0.0400. The van der Waals surface area contributed by atoms with Crippen LogP contribution < -0.4 is 16.6 Å². The molecule has 11 heteroatoms. The molecular weight excluding hydrogens is 643 g/mol. The van der Waals surface area contributed by atoms with Gasteiger partial charge < -0.3 is 14.8 Å². The summed E-state index contributed by atoms with van der Waals surface area (Å²) in [5, 5.41) is 2.96. The van der Waals surface area contributed by atoms with Gasteiger partial charge in [0.2, 0.25) is 0 Å². The van der Waals surface area contributed by atoms with E-state index in [0.717, 1.165) is 22.8 Å². The van der Waals surface area contributed by atoms with Crippen LogP contribution in [0.2, 0.25) is 5.02 Å². The van der Waals surface area contributed by atoms with E-state index in [-0.39, 0.29) is 24.6 Å². The zero-order chi connectivity index (χ0) is 33.9. The number of rotatable bonds is 10. The maximum Gasteiger partial charge on any atom is 0.417 e. The average Bonchev–Trinajstić information content (AvgIpc) is 3.50. The van der Waals surface area contributed by atoms with E-state index in [0.29, 0.717) is 11.1 Å². The summed E-state index contributed by atoms with van der Waals surface area (Å²) in [6, 6.07) is 32.7. The minimum Gasteiger partial charge on any atom is -0.358 e. The molecule has 0 aliphatic carbocycles. The molecule has 1 aromatic heterocycles. The second-order valence-corrected chi connectivity index (χ2v) is 12.1. The van der Waals surface area contributed by atoms with Crippen molar-refractivity contribution in [2.45, 2.75) is 50.0 Å². The van der Waals surface area contributed by atoms with Gasteiger partial charge in [-0.2, -0.15) is 13.2 Å². The summed E-state index contributed by atoms with van der Waals surface area (Å²) in [5.41, 5.74) is 0.260. The zero-order valence-electron chi connectivity index (χ0n) is 25.9. The van der Waals surface area contributed by atoms with Crippen LogP contribution in [-0.2, 0) is 27.8 Å². The number of alkyl halides is 3. The van der Waals surface area contributed by atoms with Gasteiger partial charge in [-0.1, -0.05) is 109 Å². The molecule has 2 N–H and O–H groups in total. The lowest BCUT2D eigenvalue weighted by atomic mass is 9.80. The lowest BCUT2D eigenvalue weighted by Gasteiger charge is -2.37. The van der Waals surface area contributed by atoms with Gasteiger partial charge in [0, 0.05) is 30.8 Å². The number of ether oxygens (including phenoxy) is 2. The molecule has 248 valence electrons. The zero-order valence-corrected chi connectivity index (χ0v) is 26.7. The predicted octanol–water partition coefficient (Wildman–Crippen LogP) is 6.97. The Kier molecular flexibility index (Phi) is 9.70.